The number of nitrogens with two attached hydrogens (primary N) is 1. The fraction of sp³-hybridized carbons (Fsp3) is 0.792. The molecule has 3 aliphatic rings. The number of nitrogens with zero attached hydrogens (tertiary/aromatic N) is 1. The number of Topliss-reactive ketones (excluding diaryl/α,β-unsaturated/α-hetero) is 1. The number of carbonyl (C=O) groups is 5. The second kappa shape index (κ2) is 9.67. The van der Waals surface area contributed by atoms with Crippen molar-refractivity contribution in [3.63, 3.8) is 0 Å². The normalized spacial score (nSPS) is 26.3. The van der Waals surface area contributed by atoms with Crippen LogP contribution in [-0.2, 0) is 23.9 Å². The molecule has 0 spiro atoms. The van der Waals surface area contributed by atoms with Crippen LogP contribution >= 0.6 is 23.2 Å². The molecular weight excluding hydrogens is 511 g/mol. The van der Waals surface area contributed by atoms with E-state index in [-0.39, 0.29) is 18.4 Å². The zero-order chi connectivity index (χ0) is 27.4. The zero-order valence-electron chi connectivity index (χ0n) is 21.5. The van der Waals surface area contributed by atoms with Crippen molar-refractivity contribution < 1.29 is 28.7 Å². The smallest absolute Gasteiger partial charge is 0.408 e. The molecule has 4 N–H and O–H groups in total. The first-order chi connectivity index (χ1) is 16.3. The number of carbonyl (C=O) groups excluding carboxylic acids is 5. The molecule has 3 fully saturated rings. The van der Waals surface area contributed by atoms with E-state index in [4.69, 9.17) is 33.7 Å². The van der Waals surface area contributed by atoms with E-state index in [0.717, 1.165) is 12.8 Å². The van der Waals surface area contributed by atoms with Crippen LogP contribution in [0.25, 0.3) is 0 Å². The number of alkyl carbamates (subject to hydrolysis) is 1. The third kappa shape index (κ3) is 6.25. The van der Waals surface area contributed by atoms with Gasteiger partial charge in [0.1, 0.15) is 22.0 Å². The second-order valence-corrected chi connectivity index (χ2v) is 13.6. The van der Waals surface area contributed by atoms with Gasteiger partial charge in [0.05, 0.1) is 6.04 Å². The fourth-order valence-corrected chi connectivity index (χ4v) is 5.55. The summed E-state index contributed by atoms with van der Waals surface area (Å²) < 4.78 is 4.13. The monoisotopic (exact) mass is 546 g/mol. The Labute approximate surface area is 221 Å². The average molecular weight is 547 g/mol. The van der Waals surface area contributed by atoms with Crippen molar-refractivity contribution in [2.24, 2.45) is 28.9 Å². The topological polar surface area (TPSA) is 148 Å². The molecule has 1 saturated heterocycles. The third-order valence-electron chi connectivity index (χ3n) is 6.80. The maximum atomic E-state index is 13.7. The Morgan fingerprint density at radius 2 is 1.64 bits per heavy atom. The molecule has 0 aromatic carbocycles. The van der Waals surface area contributed by atoms with Crippen molar-refractivity contribution in [2.45, 2.75) is 88.9 Å². The van der Waals surface area contributed by atoms with Crippen molar-refractivity contribution in [2.75, 3.05) is 6.54 Å². The van der Waals surface area contributed by atoms with E-state index in [0.29, 0.717) is 6.42 Å². The number of alkyl halides is 2. The van der Waals surface area contributed by atoms with Crippen molar-refractivity contribution in [1.29, 1.82) is 0 Å². The highest BCUT2D eigenvalue weighted by Crippen LogP contribution is 2.65. The minimum atomic E-state index is -1.20. The van der Waals surface area contributed by atoms with Crippen LogP contribution in [0, 0.1) is 23.2 Å². The Morgan fingerprint density at radius 3 is 2.11 bits per heavy atom. The van der Waals surface area contributed by atoms with Gasteiger partial charge in [-0.1, -0.05) is 33.6 Å². The van der Waals surface area contributed by atoms with Crippen molar-refractivity contribution >= 4 is 52.8 Å². The number of amides is 4. The number of likely N-dealkylation sites (tertiary alicyclic amines) is 1. The van der Waals surface area contributed by atoms with Gasteiger partial charge in [-0.3, -0.25) is 19.2 Å². The molecule has 3 rings (SSSR count). The lowest BCUT2D eigenvalue weighted by Gasteiger charge is -2.37. The van der Waals surface area contributed by atoms with Crippen LogP contribution in [0.4, 0.5) is 4.79 Å². The fourth-order valence-electron chi connectivity index (χ4n) is 4.72. The SMILES string of the molecule is CC(C)(C)OC(=O)N[C@H](C(=O)N1CC2[C@@H]([C@H]1C(=O)NC(CC1CC1)C(=O)C(N)=O)C2(Cl)Cl)C(C)(C)C. The molecule has 0 bridgehead atoms. The molecule has 0 radical (unpaired) electrons. The molecule has 2 unspecified atom stereocenters. The molecule has 1 aliphatic heterocycles. The van der Waals surface area contributed by atoms with Gasteiger partial charge in [-0.15, -0.1) is 23.2 Å². The molecule has 5 atom stereocenters. The number of nitrogens with one attached hydrogen (secondary N) is 2. The summed E-state index contributed by atoms with van der Waals surface area (Å²) in [6, 6.07) is -3.18. The van der Waals surface area contributed by atoms with Crippen LogP contribution in [0.3, 0.4) is 0 Å². The largest absolute Gasteiger partial charge is 0.444 e. The summed E-state index contributed by atoms with van der Waals surface area (Å²) in [5, 5.41) is 5.27. The van der Waals surface area contributed by atoms with Gasteiger partial charge in [-0.2, -0.15) is 0 Å². The van der Waals surface area contributed by atoms with E-state index >= 15 is 0 Å². The Kier molecular flexibility index (Phi) is 7.65. The number of hydrogen-bond donors (Lipinski definition) is 3. The van der Waals surface area contributed by atoms with Crippen LogP contribution < -0.4 is 16.4 Å². The van der Waals surface area contributed by atoms with Gasteiger partial charge in [-0.25, -0.2) is 4.79 Å². The van der Waals surface area contributed by atoms with E-state index in [1.807, 2.05) is 0 Å². The highest BCUT2D eigenvalue weighted by atomic mass is 35.5. The number of piperidine rings is 1. The number of ketones is 1. The molecule has 36 heavy (non-hydrogen) atoms. The van der Waals surface area contributed by atoms with Crippen LogP contribution in [0.15, 0.2) is 0 Å². The molecule has 1 heterocycles. The molecule has 10 nitrogen and oxygen atoms in total. The molecule has 0 aromatic rings. The van der Waals surface area contributed by atoms with Crippen molar-refractivity contribution in [3.8, 4) is 0 Å². The first-order valence-corrected chi connectivity index (χ1v) is 12.9. The molecule has 0 aromatic heterocycles. The summed E-state index contributed by atoms with van der Waals surface area (Å²) in [5.74, 6) is -3.84. The van der Waals surface area contributed by atoms with Crippen LogP contribution in [0.5, 0.6) is 0 Å². The first-order valence-electron chi connectivity index (χ1n) is 12.2. The summed E-state index contributed by atoms with van der Waals surface area (Å²) in [5.41, 5.74) is 3.70. The van der Waals surface area contributed by atoms with Gasteiger partial charge < -0.3 is 26.0 Å². The zero-order valence-corrected chi connectivity index (χ0v) is 23.0. The number of ether oxygens (including phenoxy) is 1. The average Bonchev–Trinajstić information content (AvgIpc) is 3.55. The van der Waals surface area contributed by atoms with Gasteiger partial charge in [0.15, 0.2) is 0 Å². The number of halogens is 2. The lowest BCUT2D eigenvalue weighted by atomic mass is 9.85. The van der Waals surface area contributed by atoms with E-state index in [9.17, 15) is 24.0 Å². The predicted octanol–water partition coefficient (Wildman–Crippen LogP) is 1.90. The molecular formula is C24H36Cl2N4O6. The lowest BCUT2D eigenvalue weighted by molar-refractivity contribution is -0.144. The highest BCUT2D eigenvalue weighted by molar-refractivity contribution is 6.51. The summed E-state index contributed by atoms with van der Waals surface area (Å²) in [7, 11) is 0. The van der Waals surface area contributed by atoms with Gasteiger partial charge in [-0.05, 0) is 38.5 Å². The van der Waals surface area contributed by atoms with Gasteiger partial charge in [0, 0.05) is 18.4 Å². The maximum Gasteiger partial charge on any atom is 0.408 e. The maximum absolute atomic E-state index is 13.7. The van der Waals surface area contributed by atoms with E-state index in [1.165, 1.54) is 4.90 Å². The quantitative estimate of drug-likeness (QED) is 0.312. The second-order valence-electron chi connectivity index (χ2n) is 12.2. The van der Waals surface area contributed by atoms with E-state index in [2.05, 4.69) is 10.6 Å². The summed E-state index contributed by atoms with van der Waals surface area (Å²) >= 11 is 12.8. The van der Waals surface area contributed by atoms with Crippen LogP contribution in [0.1, 0.15) is 60.8 Å². The Morgan fingerprint density at radius 1 is 1.06 bits per heavy atom. The number of rotatable bonds is 8. The summed E-state index contributed by atoms with van der Waals surface area (Å²) in [6.45, 7) is 10.6. The minimum absolute atomic E-state index is 0.105. The number of hydrogen-bond acceptors (Lipinski definition) is 6. The Hall–Kier alpha value is -2.07. The van der Waals surface area contributed by atoms with Gasteiger partial charge in [0.2, 0.25) is 17.6 Å². The lowest BCUT2D eigenvalue weighted by Crippen LogP contribution is -2.61. The number of primary amides is 1. The first kappa shape index (κ1) is 28.5. The highest BCUT2D eigenvalue weighted by Gasteiger charge is 2.74. The van der Waals surface area contributed by atoms with E-state index in [1.54, 1.807) is 41.5 Å². The Balaban J connectivity index is 1.83. The summed E-state index contributed by atoms with van der Waals surface area (Å²) in [4.78, 5) is 65.0. The standard InChI is InChI=1S/C24H36Cl2N4O6/c1-22(2,3)17(29-21(35)36-23(4,5)6)20(34)30-10-12-14(24(12,25)26)15(30)19(33)28-13(9-11-7-8-11)16(31)18(27)32/h11-15,17H,7-10H2,1-6H3,(H2,27,32)(H,28,33)(H,29,35)/t12?,13?,14-,15-,17+/m0/s1. The summed E-state index contributed by atoms with van der Waals surface area (Å²) in [6.07, 6.45) is 1.32. The van der Waals surface area contributed by atoms with Gasteiger partial charge >= 0.3 is 6.09 Å². The van der Waals surface area contributed by atoms with Crippen LogP contribution in [0.2, 0.25) is 0 Å². The van der Waals surface area contributed by atoms with Crippen LogP contribution in [-0.4, -0.2) is 69.1 Å². The molecule has 4 amide bonds. The minimum Gasteiger partial charge on any atom is -0.444 e. The molecule has 202 valence electrons. The van der Waals surface area contributed by atoms with Gasteiger partial charge in [0.25, 0.3) is 5.91 Å². The molecule has 12 heteroatoms. The number of fused-ring (bicyclic) bond motifs is 1. The van der Waals surface area contributed by atoms with E-state index < -0.39 is 69.0 Å². The third-order valence-corrected chi connectivity index (χ3v) is 7.86. The van der Waals surface area contributed by atoms with Crippen molar-refractivity contribution in [3.05, 3.63) is 0 Å². The molecule has 2 saturated carbocycles. The van der Waals surface area contributed by atoms with Crippen molar-refractivity contribution in [1.82, 2.24) is 15.5 Å². The predicted molar refractivity (Wildman–Crippen MR) is 133 cm³/mol. The molecule has 2 aliphatic carbocycles. The Bertz CT molecular complexity index is 953.